The van der Waals surface area contributed by atoms with Crippen LogP contribution in [0.4, 0.5) is 0 Å². The summed E-state index contributed by atoms with van der Waals surface area (Å²) in [4.78, 5) is 0. The Balaban J connectivity index is 1.59. The van der Waals surface area contributed by atoms with Crippen molar-refractivity contribution in [2.24, 2.45) is 0 Å². The number of unbranched alkanes of at least 4 members (excludes halogenated alkanes) is 7. The van der Waals surface area contributed by atoms with E-state index in [1.54, 1.807) is 0 Å². The van der Waals surface area contributed by atoms with Crippen molar-refractivity contribution in [1.29, 1.82) is 0 Å². The van der Waals surface area contributed by atoms with Crippen LogP contribution in [0.1, 0.15) is 88.2 Å². The zero-order valence-corrected chi connectivity index (χ0v) is 13.7. The van der Waals surface area contributed by atoms with Crippen molar-refractivity contribution in [2.45, 2.75) is 89.6 Å². The van der Waals surface area contributed by atoms with Crippen LogP contribution in [0.2, 0.25) is 0 Å². The van der Waals surface area contributed by atoms with Gasteiger partial charge in [-0.15, -0.1) is 0 Å². The van der Waals surface area contributed by atoms with Gasteiger partial charge in [0.15, 0.2) is 0 Å². The lowest BCUT2D eigenvalue weighted by Crippen LogP contribution is -2.16. The fraction of sp³-hybridized carbons (Fsp3) is 0.700. The molecule has 0 heterocycles. The van der Waals surface area contributed by atoms with Gasteiger partial charge in [0.25, 0.3) is 0 Å². The molecule has 1 aliphatic rings. The Bertz CT molecular complexity index is 399. The van der Waals surface area contributed by atoms with E-state index in [4.69, 9.17) is 0 Å². The lowest BCUT2D eigenvalue weighted by atomic mass is 9.91. The first-order chi connectivity index (χ1) is 10.3. The van der Waals surface area contributed by atoms with Gasteiger partial charge in [0.2, 0.25) is 0 Å². The van der Waals surface area contributed by atoms with Crippen LogP contribution < -0.4 is 0 Å². The van der Waals surface area contributed by atoms with E-state index in [0.29, 0.717) is 5.92 Å². The average Bonchev–Trinajstić information content (AvgIpc) is 2.94. The smallest absolute Gasteiger partial charge is 0.0608 e. The number of fused-ring (bicyclic) bond motifs is 1. The Morgan fingerprint density at radius 3 is 2.43 bits per heavy atom. The zero-order chi connectivity index (χ0) is 14.9. The molecular formula is C20H32O. The SMILES string of the molecule is CCCCCCCCCCC(O)C1CCc2ccccc21. The standard InChI is InChI=1S/C20H32O/c1-2-3-4-5-6-7-8-9-14-20(21)19-16-15-17-12-10-11-13-18(17)19/h10-13,19-21H,2-9,14-16H2,1H3. The van der Waals surface area contributed by atoms with Gasteiger partial charge < -0.3 is 5.11 Å². The number of benzene rings is 1. The van der Waals surface area contributed by atoms with Gasteiger partial charge in [-0.3, -0.25) is 0 Å². The topological polar surface area (TPSA) is 20.2 Å². The summed E-state index contributed by atoms with van der Waals surface area (Å²) in [5.74, 6) is 0.394. The number of aliphatic hydroxyl groups is 1. The minimum atomic E-state index is -0.131. The molecule has 0 radical (unpaired) electrons. The highest BCUT2D eigenvalue weighted by molar-refractivity contribution is 5.35. The van der Waals surface area contributed by atoms with Gasteiger partial charge in [-0.1, -0.05) is 82.6 Å². The molecule has 1 N–H and O–H groups in total. The average molecular weight is 288 g/mol. The maximum Gasteiger partial charge on any atom is 0.0608 e. The molecule has 2 atom stereocenters. The normalized spacial score (nSPS) is 18.7. The maximum atomic E-state index is 10.5. The molecule has 0 aromatic heterocycles. The fourth-order valence-corrected chi connectivity index (χ4v) is 3.68. The molecule has 0 amide bonds. The quantitative estimate of drug-likeness (QED) is 0.555. The number of aliphatic hydroxyl groups excluding tert-OH is 1. The molecule has 1 heteroatoms. The van der Waals surface area contributed by atoms with Gasteiger partial charge in [0.05, 0.1) is 6.10 Å². The molecule has 2 rings (SSSR count). The third-order valence-corrected chi connectivity index (χ3v) is 5.00. The van der Waals surface area contributed by atoms with Gasteiger partial charge in [-0.2, -0.15) is 0 Å². The van der Waals surface area contributed by atoms with Gasteiger partial charge in [-0.05, 0) is 30.4 Å². The van der Waals surface area contributed by atoms with Crippen molar-refractivity contribution in [3.8, 4) is 0 Å². The Labute approximate surface area is 130 Å². The van der Waals surface area contributed by atoms with Crippen LogP contribution in [0.25, 0.3) is 0 Å². The third kappa shape index (κ3) is 5.14. The molecule has 118 valence electrons. The molecule has 0 fully saturated rings. The maximum absolute atomic E-state index is 10.5. The molecule has 21 heavy (non-hydrogen) atoms. The molecule has 0 spiro atoms. The van der Waals surface area contributed by atoms with Crippen molar-refractivity contribution >= 4 is 0 Å². The number of hydrogen-bond donors (Lipinski definition) is 1. The van der Waals surface area contributed by atoms with Crippen LogP contribution in [0, 0.1) is 0 Å². The summed E-state index contributed by atoms with van der Waals surface area (Å²) in [5.41, 5.74) is 2.86. The second-order valence-corrected chi connectivity index (χ2v) is 6.67. The summed E-state index contributed by atoms with van der Waals surface area (Å²) in [7, 11) is 0. The highest BCUT2D eigenvalue weighted by atomic mass is 16.3. The van der Waals surface area contributed by atoms with Crippen molar-refractivity contribution in [3.63, 3.8) is 0 Å². The molecule has 0 saturated carbocycles. The highest BCUT2D eigenvalue weighted by Gasteiger charge is 2.27. The summed E-state index contributed by atoms with van der Waals surface area (Å²) in [6.07, 6.45) is 13.8. The summed E-state index contributed by atoms with van der Waals surface area (Å²) >= 11 is 0. The van der Waals surface area contributed by atoms with E-state index in [0.717, 1.165) is 19.3 Å². The Hall–Kier alpha value is -0.820. The van der Waals surface area contributed by atoms with E-state index in [2.05, 4.69) is 31.2 Å². The van der Waals surface area contributed by atoms with Crippen molar-refractivity contribution in [1.82, 2.24) is 0 Å². The van der Waals surface area contributed by atoms with Crippen molar-refractivity contribution < 1.29 is 5.11 Å². The van der Waals surface area contributed by atoms with Crippen LogP contribution in [-0.4, -0.2) is 11.2 Å². The number of hydrogen-bond acceptors (Lipinski definition) is 1. The summed E-state index contributed by atoms with van der Waals surface area (Å²) in [6, 6.07) is 8.66. The molecule has 0 saturated heterocycles. The molecule has 0 aliphatic heterocycles. The van der Waals surface area contributed by atoms with E-state index in [9.17, 15) is 5.11 Å². The molecule has 1 aliphatic carbocycles. The fourth-order valence-electron chi connectivity index (χ4n) is 3.68. The van der Waals surface area contributed by atoms with Gasteiger partial charge in [0, 0.05) is 5.92 Å². The van der Waals surface area contributed by atoms with Crippen LogP contribution >= 0.6 is 0 Å². The summed E-state index contributed by atoms with van der Waals surface area (Å²) in [6.45, 7) is 2.27. The van der Waals surface area contributed by atoms with Crippen LogP contribution in [0.5, 0.6) is 0 Å². The van der Waals surface area contributed by atoms with Crippen LogP contribution in [-0.2, 0) is 6.42 Å². The first-order valence-electron chi connectivity index (χ1n) is 9.08. The predicted octanol–water partition coefficient (Wildman–Crippen LogP) is 5.61. The van der Waals surface area contributed by atoms with Gasteiger partial charge in [0.1, 0.15) is 0 Å². The van der Waals surface area contributed by atoms with E-state index >= 15 is 0 Å². The Morgan fingerprint density at radius 2 is 1.67 bits per heavy atom. The van der Waals surface area contributed by atoms with E-state index in [1.165, 1.54) is 62.5 Å². The minimum Gasteiger partial charge on any atom is -0.392 e. The second kappa shape index (κ2) is 9.25. The molecule has 1 nitrogen and oxygen atoms in total. The van der Waals surface area contributed by atoms with Crippen molar-refractivity contribution in [2.75, 3.05) is 0 Å². The van der Waals surface area contributed by atoms with E-state index < -0.39 is 0 Å². The predicted molar refractivity (Wildman–Crippen MR) is 90.7 cm³/mol. The third-order valence-electron chi connectivity index (χ3n) is 5.00. The first-order valence-corrected chi connectivity index (χ1v) is 9.08. The largest absolute Gasteiger partial charge is 0.392 e. The molecule has 2 unspecified atom stereocenters. The van der Waals surface area contributed by atoms with Gasteiger partial charge >= 0.3 is 0 Å². The summed E-state index contributed by atoms with van der Waals surface area (Å²) in [5, 5.41) is 10.5. The molecule has 1 aromatic carbocycles. The molecular weight excluding hydrogens is 256 g/mol. The Morgan fingerprint density at radius 1 is 1.00 bits per heavy atom. The van der Waals surface area contributed by atoms with E-state index in [-0.39, 0.29) is 6.10 Å². The van der Waals surface area contributed by atoms with Crippen LogP contribution in [0.3, 0.4) is 0 Å². The molecule has 0 bridgehead atoms. The zero-order valence-electron chi connectivity index (χ0n) is 13.7. The lowest BCUT2D eigenvalue weighted by Gasteiger charge is -2.19. The Kier molecular flexibility index (Phi) is 7.29. The van der Waals surface area contributed by atoms with Crippen LogP contribution in [0.15, 0.2) is 24.3 Å². The van der Waals surface area contributed by atoms with Gasteiger partial charge in [-0.25, -0.2) is 0 Å². The lowest BCUT2D eigenvalue weighted by molar-refractivity contribution is 0.130. The summed E-state index contributed by atoms with van der Waals surface area (Å²) < 4.78 is 0. The monoisotopic (exact) mass is 288 g/mol. The number of rotatable bonds is 10. The van der Waals surface area contributed by atoms with Crippen molar-refractivity contribution in [3.05, 3.63) is 35.4 Å². The first kappa shape index (κ1) is 16.5. The second-order valence-electron chi connectivity index (χ2n) is 6.67. The highest BCUT2D eigenvalue weighted by Crippen LogP contribution is 2.36. The van der Waals surface area contributed by atoms with E-state index in [1.807, 2.05) is 0 Å². The minimum absolute atomic E-state index is 0.131. The number of aryl methyl sites for hydroxylation is 1. The molecule has 1 aromatic rings.